The predicted octanol–water partition coefficient (Wildman–Crippen LogP) is 1.41. The Balaban J connectivity index is 2.30. The second-order valence-corrected chi connectivity index (χ2v) is 4.79. The number of hydrogen-bond donors (Lipinski definition) is 1. The van der Waals surface area contributed by atoms with Crippen molar-refractivity contribution in [2.45, 2.75) is 44.9 Å². The van der Waals surface area contributed by atoms with Crippen molar-refractivity contribution in [1.82, 2.24) is 20.1 Å². The maximum atomic E-state index is 4.74. The van der Waals surface area contributed by atoms with E-state index in [2.05, 4.69) is 24.3 Å². The Morgan fingerprint density at radius 3 is 2.81 bits per heavy atom. The van der Waals surface area contributed by atoms with Gasteiger partial charge < -0.3 is 5.32 Å². The van der Waals surface area contributed by atoms with Crippen LogP contribution in [-0.2, 0) is 18.9 Å². The van der Waals surface area contributed by atoms with Gasteiger partial charge >= 0.3 is 0 Å². The minimum atomic E-state index is 0.216. The van der Waals surface area contributed by atoms with Gasteiger partial charge in [-0.1, -0.05) is 13.8 Å². The van der Waals surface area contributed by atoms with E-state index in [0.717, 1.165) is 38.2 Å². The Morgan fingerprint density at radius 2 is 2.25 bits per heavy atom. The Kier molecular flexibility index (Phi) is 3.28. The summed E-state index contributed by atoms with van der Waals surface area (Å²) in [4.78, 5) is 4.74. The molecular weight excluding hydrogens is 200 g/mol. The van der Waals surface area contributed by atoms with Crippen molar-refractivity contribution in [3.8, 4) is 0 Å². The van der Waals surface area contributed by atoms with Crippen LogP contribution in [0, 0.1) is 0 Å². The Morgan fingerprint density at radius 1 is 1.44 bits per heavy atom. The molecule has 1 unspecified atom stereocenters. The van der Waals surface area contributed by atoms with Gasteiger partial charge in [-0.05, 0) is 25.8 Å². The van der Waals surface area contributed by atoms with Gasteiger partial charge in [0.15, 0.2) is 5.82 Å². The van der Waals surface area contributed by atoms with Gasteiger partial charge in [0.05, 0.1) is 0 Å². The summed E-state index contributed by atoms with van der Waals surface area (Å²) in [5.74, 6) is 2.17. The van der Waals surface area contributed by atoms with Crippen molar-refractivity contribution in [3.63, 3.8) is 0 Å². The third-order valence-electron chi connectivity index (χ3n) is 3.68. The van der Waals surface area contributed by atoms with Crippen molar-refractivity contribution in [2.24, 2.45) is 7.05 Å². The van der Waals surface area contributed by atoms with E-state index < -0.39 is 0 Å². The highest BCUT2D eigenvalue weighted by Gasteiger charge is 2.38. The zero-order chi connectivity index (χ0) is 11.6. The molecule has 0 amide bonds. The first-order chi connectivity index (χ1) is 7.72. The van der Waals surface area contributed by atoms with Crippen LogP contribution in [0.5, 0.6) is 0 Å². The quantitative estimate of drug-likeness (QED) is 0.837. The van der Waals surface area contributed by atoms with E-state index in [9.17, 15) is 0 Å². The lowest BCUT2D eigenvalue weighted by atomic mass is 9.83. The van der Waals surface area contributed by atoms with Crippen LogP contribution in [0.4, 0.5) is 0 Å². The van der Waals surface area contributed by atoms with Crippen LogP contribution >= 0.6 is 0 Å². The SMILES string of the molecule is CCCc1nc(C2(CC)CCNC2)n(C)n1. The van der Waals surface area contributed by atoms with Gasteiger partial charge in [0.25, 0.3) is 0 Å². The normalized spacial score (nSPS) is 25.2. The van der Waals surface area contributed by atoms with E-state index in [1.54, 1.807) is 0 Å². The molecule has 0 bridgehead atoms. The molecule has 1 N–H and O–H groups in total. The molecule has 0 aromatic carbocycles. The number of aryl methyl sites for hydroxylation is 2. The Bertz CT molecular complexity index is 350. The lowest BCUT2D eigenvalue weighted by Gasteiger charge is -2.24. The van der Waals surface area contributed by atoms with Gasteiger partial charge in [-0.15, -0.1) is 0 Å². The zero-order valence-corrected chi connectivity index (χ0v) is 10.6. The summed E-state index contributed by atoms with van der Waals surface area (Å²) in [5, 5.41) is 7.97. The maximum absolute atomic E-state index is 4.74. The summed E-state index contributed by atoms with van der Waals surface area (Å²) in [5.41, 5.74) is 0.216. The first-order valence-corrected chi connectivity index (χ1v) is 6.33. The second-order valence-electron chi connectivity index (χ2n) is 4.79. The molecule has 4 heteroatoms. The molecule has 1 aliphatic heterocycles. The number of nitrogens with zero attached hydrogens (tertiary/aromatic N) is 3. The molecule has 1 fully saturated rings. The number of rotatable bonds is 4. The van der Waals surface area contributed by atoms with Crippen LogP contribution in [0.1, 0.15) is 44.8 Å². The van der Waals surface area contributed by atoms with E-state index in [0.29, 0.717) is 0 Å². The average molecular weight is 222 g/mol. The van der Waals surface area contributed by atoms with Gasteiger partial charge in [-0.25, -0.2) is 4.98 Å². The average Bonchev–Trinajstić information content (AvgIpc) is 2.86. The highest BCUT2D eigenvalue weighted by molar-refractivity contribution is 5.13. The molecule has 0 saturated carbocycles. The highest BCUT2D eigenvalue weighted by Crippen LogP contribution is 2.32. The van der Waals surface area contributed by atoms with Gasteiger partial charge in [-0.2, -0.15) is 5.10 Å². The molecule has 2 rings (SSSR count). The molecule has 1 aliphatic rings. The summed E-state index contributed by atoms with van der Waals surface area (Å²) < 4.78 is 1.99. The number of nitrogens with one attached hydrogen (secondary N) is 1. The number of aromatic nitrogens is 3. The summed E-state index contributed by atoms with van der Waals surface area (Å²) in [7, 11) is 2.03. The monoisotopic (exact) mass is 222 g/mol. The van der Waals surface area contributed by atoms with Crippen LogP contribution in [0.25, 0.3) is 0 Å². The molecule has 4 nitrogen and oxygen atoms in total. The highest BCUT2D eigenvalue weighted by atomic mass is 15.3. The van der Waals surface area contributed by atoms with Gasteiger partial charge in [0, 0.05) is 25.4 Å². The smallest absolute Gasteiger partial charge is 0.150 e. The minimum absolute atomic E-state index is 0.216. The topological polar surface area (TPSA) is 42.7 Å². The largest absolute Gasteiger partial charge is 0.316 e. The maximum Gasteiger partial charge on any atom is 0.150 e. The fourth-order valence-corrected chi connectivity index (χ4v) is 2.62. The molecule has 0 aliphatic carbocycles. The molecule has 1 saturated heterocycles. The lowest BCUT2D eigenvalue weighted by Crippen LogP contribution is -2.31. The summed E-state index contributed by atoms with van der Waals surface area (Å²) in [6, 6.07) is 0. The Labute approximate surface area is 97.5 Å². The fraction of sp³-hybridized carbons (Fsp3) is 0.833. The van der Waals surface area contributed by atoms with E-state index in [1.165, 1.54) is 12.2 Å². The van der Waals surface area contributed by atoms with Gasteiger partial charge in [-0.3, -0.25) is 4.68 Å². The van der Waals surface area contributed by atoms with Crippen LogP contribution in [0.3, 0.4) is 0 Å². The predicted molar refractivity (Wildman–Crippen MR) is 64.5 cm³/mol. The number of hydrogen-bond acceptors (Lipinski definition) is 3. The molecule has 0 radical (unpaired) electrons. The summed E-state index contributed by atoms with van der Waals surface area (Å²) in [6.45, 7) is 6.56. The molecule has 1 atom stereocenters. The molecule has 1 aromatic heterocycles. The van der Waals surface area contributed by atoms with E-state index in [1.807, 2.05) is 11.7 Å². The molecule has 0 spiro atoms. The van der Waals surface area contributed by atoms with Crippen molar-refractivity contribution >= 4 is 0 Å². The second kappa shape index (κ2) is 4.53. The molecule has 1 aromatic rings. The van der Waals surface area contributed by atoms with E-state index in [4.69, 9.17) is 4.98 Å². The van der Waals surface area contributed by atoms with Crippen LogP contribution < -0.4 is 5.32 Å². The van der Waals surface area contributed by atoms with Crippen molar-refractivity contribution in [2.75, 3.05) is 13.1 Å². The first kappa shape index (κ1) is 11.6. The molecule has 16 heavy (non-hydrogen) atoms. The first-order valence-electron chi connectivity index (χ1n) is 6.33. The van der Waals surface area contributed by atoms with Crippen LogP contribution in [0.15, 0.2) is 0 Å². The van der Waals surface area contributed by atoms with E-state index >= 15 is 0 Å². The van der Waals surface area contributed by atoms with Crippen LogP contribution in [0.2, 0.25) is 0 Å². The standard InChI is InChI=1S/C12H22N4/c1-4-6-10-14-11(16(3)15-10)12(5-2)7-8-13-9-12/h13H,4-9H2,1-3H3. The summed E-state index contributed by atoms with van der Waals surface area (Å²) in [6.07, 6.45) is 4.42. The van der Waals surface area contributed by atoms with Gasteiger partial charge in [0.2, 0.25) is 0 Å². The molecule has 2 heterocycles. The molecular formula is C12H22N4. The zero-order valence-electron chi connectivity index (χ0n) is 10.6. The van der Waals surface area contributed by atoms with Gasteiger partial charge in [0.1, 0.15) is 5.82 Å². The van der Waals surface area contributed by atoms with Crippen molar-refractivity contribution < 1.29 is 0 Å². The van der Waals surface area contributed by atoms with E-state index in [-0.39, 0.29) is 5.41 Å². The van der Waals surface area contributed by atoms with Crippen molar-refractivity contribution in [3.05, 3.63) is 11.6 Å². The lowest BCUT2D eigenvalue weighted by molar-refractivity contribution is 0.405. The fourth-order valence-electron chi connectivity index (χ4n) is 2.62. The third kappa shape index (κ3) is 1.86. The van der Waals surface area contributed by atoms with Crippen molar-refractivity contribution in [1.29, 1.82) is 0 Å². The molecule has 90 valence electrons. The third-order valence-corrected chi connectivity index (χ3v) is 3.68. The Hall–Kier alpha value is -0.900. The van der Waals surface area contributed by atoms with Crippen LogP contribution in [-0.4, -0.2) is 27.9 Å². The minimum Gasteiger partial charge on any atom is -0.316 e. The summed E-state index contributed by atoms with van der Waals surface area (Å²) >= 11 is 0.